The van der Waals surface area contributed by atoms with Gasteiger partial charge in [0.15, 0.2) is 5.78 Å². The van der Waals surface area contributed by atoms with E-state index in [9.17, 15) is 9.59 Å². The van der Waals surface area contributed by atoms with Crippen LogP contribution in [0.25, 0.3) is 6.08 Å². The quantitative estimate of drug-likeness (QED) is 0.763. The van der Waals surface area contributed by atoms with Gasteiger partial charge in [-0.05, 0) is 5.56 Å². The van der Waals surface area contributed by atoms with Gasteiger partial charge in [0.05, 0.1) is 5.36 Å². The molecule has 0 N–H and O–H groups in total. The van der Waals surface area contributed by atoms with Crippen molar-refractivity contribution >= 4 is 17.8 Å². The molecule has 19 heavy (non-hydrogen) atoms. The Morgan fingerprint density at radius 3 is 2.58 bits per heavy atom. The summed E-state index contributed by atoms with van der Waals surface area (Å²) in [6.07, 6.45) is 1.75. The second-order valence-electron chi connectivity index (χ2n) is 4.42. The molecule has 0 aliphatic carbocycles. The van der Waals surface area contributed by atoms with Gasteiger partial charge in [0.2, 0.25) is 0 Å². The minimum atomic E-state index is -0.255. The number of nitrogens with zero attached hydrogens (tertiary/aromatic N) is 1. The number of hydrogen-bond acceptors (Lipinski definition) is 2. The van der Waals surface area contributed by atoms with Gasteiger partial charge in [-0.25, -0.2) is 4.99 Å². The van der Waals surface area contributed by atoms with Crippen molar-refractivity contribution in [3.63, 3.8) is 0 Å². The molecule has 3 rings (SSSR count). The predicted molar refractivity (Wildman–Crippen MR) is 71.2 cm³/mol. The fourth-order valence-corrected chi connectivity index (χ4v) is 2.18. The van der Waals surface area contributed by atoms with E-state index in [4.69, 9.17) is 0 Å². The lowest BCUT2D eigenvalue weighted by Gasteiger charge is -2.01. The summed E-state index contributed by atoms with van der Waals surface area (Å²) in [6, 6.07) is 14.7. The zero-order chi connectivity index (χ0) is 13.2. The van der Waals surface area contributed by atoms with Crippen LogP contribution in [0.4, 0.5) is 0 Å². The van der Waals surface area contributed by atoms with Gasteiger partial charge in [0, 0.05) is 23.3 Å². The summed E-state index contributed by atoms with van der Waals surface area (Å²) >= 11 is 0. The summed E-state index contributed by atoms with van der Waals surface area (Å²) in [4.78, 5) is 27.4. The van der Waals surface area contributed by atoms with E-state index in [0.717, 1.165) is 10.8 Å². The number of Topliss-reactive ketones (excluding diaryl/α,β-unsaturated/α-hetero) is 1. The highest BCUT2D eigenvalue weighted by Crippen LogP contribution is 2.04. The van der Waals surface area contributed by atoms with Crippen molar-refractivity contribution in [1.29, 1.82) is 0 Å². The molecule has 0 spiro atoms. The summed E-state index contributed by atoms with van der Waals surface area (Å²) in [5.41, 5.74) is 1.47. The first-order chi connectivity index (χ1) is 9.24. The third-order valence-corrected chi connectivity index (χ3v) is 3.10. The molecule has 0 atom stereocenters. The van der Waals surface area contributed by atoms with Crippen LogP contribution in [0.15, 0.2) is 53.5 Å². The molecule has 0 aromatic heterocycles. The van der Waals surface area contributed by atoms with Gasteiger partial charge < -0.3 is 0 Å². The van der Waals surface area contributed by atoms with Crippen LogP contribution >= 0.6 is 0 Å². The zero-order valence-electron chi connectivity index (χ0n) is 10.2. The first-order valence-electron chi connectivity index (χ1n) is 6.04. The molecule has 1 amide bonds. The normalized spacial score (nSPS) is 12.5. The van der Waals surface area contributed by atoms with Gasteiger partial charge in [0.1, 0.15) is 0 Å². The average molecular weight is 249 g/mol. The van der Waals surface area contributed by atoms with Crippen LogP contribution in [-0.4, -0.2) is 11.7 Å². The van der Waals surface area contributed by atoms with Crippen molar-refractivity contribution < 1.29 is 9.59 Å². The highest BCUT2D eigenvalue weighted by atomic mass is 16.1. The average Bonchev–Trinajstić information content (AvgIpc) is 2.81. The number of benzene rings is 2. The summed E-state index contributed by atoms with van der Waals surface area (Å²) in [6.45, 7) is 0. The smallest absolute Gasteiger partial charge is 0.270 e. The van der Waals surface area contributed by atoms with Gasteiger partial charge in [-0.3, -0.25) is 9.59 Å². The lowest BCUT2D eigenvalue weighted by molar-refractivity contribution is -0.112. The van der Waals surface area contributed by atoms with E-state index in [0.29, 0.717) is 10.9 Å². The molecule has 1 aliphatic rings. The van der Waals surface area contributed by atoms with Gasteiger partial charge in [-0.1, -0.05) is 48.5 Å². The van der Waals surface area contributed by atoms with Gasteiger partial charge in [-0.2, -0.15) is 0 Å². The molecular weight excluding hydrogens is 238 g/mol. The molecular formula is C16H11NO2. The topological polar surface area (TPSA) is 46.5 Å². The van der Waals surface area contributed by atoms with E-state index in [2.05, 4.69) is 4.99 Å². The van der Waals surface area contributed by atoms with Crippen LogP contribution in [0, 0.1) is 0 Å². The third kappa shape index (κ3) is 2.22. The first kappa shape index (κ1) is 11.5. The molecule has 0 unspecified atom stereocenters. The molecule has 92 valence electrons. The highest BCUT2D eigenvalue weighted by Gasteiger charge is 2.11. The minimum Gasteiger partial charge on any atom is -0.294 e. The zero-order valence-corrected chi connectivity index (χ0v) is 10.2. The maximum atomic E-state index is 12.2. The van der Waals surface area contributed by atoms with Crippen molar-refractivity contribution in [2.75, 3.05) is 0 Å². The summed E-state index contributed by atoms with van der Waals surface area (Å²) in [5, 5.41) is 1.43. The van der Waals surface area contributed by atoms with Crippen molar-refractivity contribution in [3.8, 4) is 0 Å². The Morgan fingerprint density at radius 1 is 1.00 bits per heavy atom. The molecule has 1 heterocycles. The van der Waals surface area contributed by atoms with Crippen LogP contribution in [0.3, 0.4) is 0 Å². The molecule has 2 aromatic rings. The molecule has 0 bridgehead atoms. The van der Waals surface area contributed by atoms with Crippen LogP contribution in [-0.2, 0) is 11.2 Å². The molecule has 2 aromatic carbocycles. The highest BCUT2D eigenvalue weighted by molar-refractivity contribution is 6.06. The minimum absolute atomic E-state index is 0.0311. The van der Waals surface area contributed by atoms with E-state index in [1.807, 2.05) is 36.4 Å². The van der Waals surface area contributed by atoms with Crippen molar-refractivity contribution in [2.45, 2.75) is 6.42 Å². The second-order valence-corrected chi connectivity index (χ2v) is 4.42. The SMILES string of the molecule is O=C1C=c2cccc(CC(=O)c3ccccc3)c2=N1. The van der Waals surface area contributed by atoms with E-state index in [1.165, 1.54) is 6.08 Å². The van der Waals surface area contributed by atoms with Crippen LogP contribution in [0.5, 0.6) is 0 Å². The Labute approximate surface area is 109 Å². The fraction of sp³-hybridized carbons (Fsp3) is 0.0625. The standard InChI is InChI=1S/C16H11NO2/c18-14(11-5-2-1-3-6-11)9-12-7-4-8-13-10-15(19)17-16(12)13/h1-8,10H,9H2. The van der Waals surface area contributed by atoms with E-state index in [1.54, 1.807) is 12.1 Å². The summed E-state index contributed by atoms with van der Waals surface area (Å²) in [5.74, 6) is -0.224. The second kappa shape index (κ2) is 4.61. The Balaban J connectivity index is 1.97. The maximum absolute atomic E-state index is 12.2. The molecule has 0 radical (unpaired) electrons. The number of carbonyl (C=O) groups is 2. The summed E-state index contributed by atoms with van der Waals surface area (Å²) in [7, 11) is 0. The molecule has 3 heteroatoms. The van der Waals surface area contributed by atoms with Gasteiger partial charge >= 0.3 is 0 Å². The Bertz CT molecular complexity index is 776. The largest absolute Gasteiger partial charge is 0.294 e. The van der Waals surface area contributed by atoms with Crippen molar-refractivity contribution in [3.05, 3.63) is 70.2 Å². The number of ketones is 1. The van der Waals surface area contributed by atoms with Crippen LogP contribution in [0.2, 0.25) is 0 Å². The van der Waals surface area contributed by atoms with Crippen molar-refractivity contribution in [1.82, 2.24) is 0 Å². The number of amides is 1. The summed E-state index contributed by atoms with van der Waals surface area (Å²) < 4.78 is 0. The number of rotatable bonds is 3. The maximum Gasteiger partial charge on any atom is 0.270 e. The van der Waals surface area contributed by atoms with Crippen LogP contribution in [0.1, 0.15) is 15.9 Å². The molecule has 0 saturated carbocycles. The van der Waals surface area contributed by atoms with E-state index >= 15 is 0 Å². The van der Waals surface area contributed by atoms with Gasteiger partial charge in [0.25, 0.3) is 5.91 Å². The van der Waals surface area contributed by atoms with Gasteiger partial charge in [-0.15, -0.1) is 0 Å². The Kier molecular flexibility index (Phi) is 2.80. The lowest BCUT2D eigenvalue weighted by Crippen LogP contribution is -2.27. The molecule has 0 saturated heterocycles. The molecule has 0 fully saturated rings. The molecule has 3 nitrogen and oxygen atoms in total. The number of para-hydroxylation sites is 1. The fourth-order valence-electron chi connectivity index (χ4n) is 2.18. The Hall–Kier alpha value is -2.55. The van der Waals surface area contributed by atoms with E-state index < -0.39 is 0 Å². The monoisotopic (exact) mass is 249 g/mol. The number of carbonyl (C=O) groups excluding carboxylic acids is 2. The van der Waals surface area contributed by atoms with E-state index in [-0.39, 0.29) is 18.1 Å². The third-order valence-electron chi connectivity index (χ3n) is 3.10. The number of hydrogen-bond donors (Lipinski definition) is 0. The molecule has 1 aliphatic heterocycles. The lowest BCUT2D eigenvalue weighted by atomic mass is 10.0. The van der Waals surface area contributed by atoms with Crippen LogP contribution < -0.4 is 10.6 Å². The Morgan fingerprint density at radius 2 is 1.79 bits per heavy atom. The number of fused-ring (bicyclic) bond motifs is 1. The first-order valence-corrected chi connectivity index (χ1v) is 6.04. The van der Waals surface area contributed by atoms with Crippen molar-refractivity contribution in [2.24, 2.45) is 4.99 Å². The predicted octanol–water partition coefficient (Wildman–Crippen LogP) is 1.05.